The van der Waals surface area contributed by atoms with Gasteiger partial charge in [-0.1, -0.05) is 19.9 Å². The van der Waals surface area contributed by atoms with E-state index in [-0.39, 0.29) is 11.4 Å². The van der Waals surface area contributed by atoms with Crippen LogP contribution in [0.5, 0.6) is 0 Å². The summed E-state index contributed by atoms with van der Waals surface area (Å²) in [5.41, 5.74) is 5.70. The molecule has 19 heavy (non-hydrogen) atoms. The smallest absolute Gasteiger partial charge is 0.241 e. The lowest BCUT2D eigenvalue weighted by Crippen LogP contribution is -2.40. The molecule has 0 bridgehead atoms. The quantitative estimate of drug-likeness (QED) is 0.687. The van der Waals surface area contributed by atoms with Crippen molar-refractivity contribution in [2.24, 2.45) is 0 Å². The average molecular weight is 286 g/mol. The van der Waals surface area contributed by atoms with Gasteiger partial charge in [-0.05, 0) is 37.5 Å². The third kappa shape index (κ3) is 4.19. The van der Waals surface area contributed by atoms with Gasteiger partial charge in [0, 0.05) is 12.2 Å². The highest BCUT2D eigenvalue weighted by Gasteiger charge is 2.24. The third-order valence-electron chi connectivity index (χ3n) is 3.17. The molecule has 0 saturated carbocycles. The number of nitrogen functional groups attached to an aromatic ring is 1. The molecule has 0 amide bonds. The zero-order chi connectivity index (χ0) is 14.7. The molecule has 0 spiro atoms. The minimum Gasteiger partial charge on any atom is -0.399 e. The number of benzene rings is 1. The van der Waals surface area contributed by atoms with Gasteiger partial charge in [0.25, 0.3) is 0 Å². The van der Waals surface area contributed by atoms with E-state index < -0.39 is 15.6 Å². The van der Waals surface area contributed by atoms with Crippen LogP contribution in [0.3, 0.4) is 0 Å². The molecule has 0 radical (unpaired) electrons. The van der Waals surface area contributed by atoms with Crippen LogP contribution in [0.1, 0.15) is 32.8 Å². The van der Waals surface area contributed by atoms with Gasteiger partial charge in [0.15, 0.2) is 0 Å². The van der Waals surface area contributed by atoms with E-state index in [0.717, 1.165) is 0 Å². The third-order valence-corrected chi connectivity index (χ3v) is 4.65. The van der Waals surface area contributed by atoms with Crippen LogP contribution in [-0.4, -0.2) is 25.7 Å². The van der Waals surface area contributed by atoms with E-state index >= 15 is 0 Å². The number of sulfonamides is 1. The SMILES string of the molecule is CCc1ccc(N)cc1S(=O)(=O)NCC(C)(O)CC. The fourth-order valence-corrected chi connectivity index (χ4v) is 3.07. The monoisotopic (exact) mass is 286 g/mol. The first-order chi connectivity index (χ1) is 8.72. The highest BCUT2D eigenvalue weighted by Crippen LogP contribution is 2.20. The maximum Gasteiger partial charge on any atom is 0.241 e. The molecule has 4 N–H and O–H groups in total. The lowest BCUT2D eigenvalue weighted by Gasteiger charge is -2.22. The van der Waals surface area contributed by atoms with Gasteiger partial charge in [-0.2, -0.15) is 0 Å². The predicted molar refractivity (Wildman–Crippen MR) is 76.3 cm³/mol. The fraction of sp³-hybridized carbons (Fsp3) is 0.538. The normalized spacial score (nSPS) is 15.2. The van der Waals surface area contributed by atoms with Gasteiger partial charge < -0.3 is 10.8 Å². The number of aliphatic hydroxyl groups is 1. The van der Waals surface area contributed by atoms with Gasteiger partial charge in [-0.15, -0.1) is 0 Å². The van der Waals surface area contributed by atoms with E-state index in [1.807, 2.05) is 6.92 Å². The standard InChI is InChI=1S/C13H22N2O3S/c1-4-10-6-7-11(14)8-12(10)19(17,18)15-9-13(3,16)5-2/h6-8,15-16H,4-5,9,14H2,1-3H3. The Kier molecular flexibility index (Phi) is 4.95. The number of hydrogen-bond donors (Lipinski definition) is 3. The Labute approximate surface area is 114 Å². The van der Waals surface area contributed by atoms with Gasteiger partial charge in [0.05, 0.1) is 10.5 Å². The number of anilines is 1. The van der Waals surface area contributed by atoms with Crippen molar-refractivity contribution in [1.82, 2.24) is 4.72 Å². The van der Waals surface area contributed by atoms with Crippen LogP contribution < -0.4 is 10.5 Å². The maximum absolute atomic E-state index is 12.2. The second kappa shape index (κ2) is 5.90. The first-order valence-corrected chi connectivity index (χ1v) is 7.80. The molecule has 0 aliphatic heterocycles. The number of rotatable bonds is 6. The van der Waals surface area contributed by atoms with E-state index in [1.165, 1.54) is 6.07 Å². The summed E-state index contributed by atoms with van der Waals surface area (Å²) in [6.07, 6.45) is 1.06. The van der Waals surface area contributed by atoms with Crippen LogP contribution in [0.2, 0.25) is 0 Å². The predicted octanol–water partition coefficient (Wildman–Crippen LogP) is 1.27. The zero-order valence-corrected chi connectivity index (χ0v) is 12.4. The highest BCUT2D eigenvalue weighted by molar-refractivity contribution is 7.89. The number of nitrogens with two attached hydrogens (primary N) is 1. The Morgan fingerprint density at radius 3 is 2.53 bits per heavy atom. The molecule has 1 atom stereocenters. The van der Waals surface area contributed by atoms with Crippen molar-refractivity contribution in [3.05, 3.63) is 23.8 Å². The zero-order valence-electron chi connectivity index (χ0n) is 11.6. The van der Waals surface area contributed by atoms with E-state index in [9.17, 15) is 13.5 Å². The van der Waals surface area contributed by atoms with Crippen LogP contribution in [-0.2, 0) is 16.4 Å². The van der Waals surface area contributed by atoms with Crippen LogP contribution in [0.25, 0.3) is 0 Å². The fourth-order valence-electron chi connectivity index (χ4n) is 1.57. The summed E-state index contributed by atoms with van der Waals surface area (Å²) in [6, 6.07) is 4.84. The molecule has 0 saturated heterocycles. The lowest BCUT2D eigenvalue weighted by molar-refractivity contribution is 0.0613. The summed E-state index contributed by atoms with van der Waals surface area (Å²) in [6.45, 7) is 5.25. The number of hydrogen-bond acceptors (Lipinski definition) is 4. The molecule has 1 rings (SSSR count). The maximum atomic E-state index is 12.2. The lowest BCUT2D eigenvalue weighted by atomic mass is 10.1. The molecule has 0 fully saturated rings. The summed E-state index contributed by atoms with van der Waals surface area (Å²) in [5.74, 6) is 0. The van der Waals surface area contributed by atoms with Crippen molar-refractivity contribution in [3.63, 3.8) is 0 Å². The van der Waals surface area contributed by atoms with Crippen molar-refractivity contribution in [2.75, 3.05) is 12.3 Å². The van der Waals surface area contributed by atoms with Crippen LogP contribution >= 0.6 is 0 Å². The Hall–Kier alpha value is -1.11. The van der Waals surface area contributed by atoms with E-state index in [1.54, 1.807) is 26.0 Å². The average Bonchev–Trinajstić information content (AvgIpc) is 2.37. The largest absolute Gasteiger partial charge is 0.399 e. The summed E-state index contributed by atoms with van der Waals surface area (Å²) >= 11 is 0. The first-order valence-electron chi connectivity index (χ1n) is 6.32. The van der Waals surface area contributed by atoms with Crippen molar-refractivity contribution in [1.29, 1.82) is 0 Å². The molecule has 1 aromatic rings. The number of aryl methyl sites for hydroxylation is 1. The summed E-state index contributed by atoms with van der Waals surface area (Å²) < 4.78 is 26.9. The molecule has 0 aromatic heterocycles. The second-order valence-corrected chi connectivity index (χ2v) is 6.63. The second-order valence-electron chi connectivity index (χ2n) is 4.90. The van der Waals surface area contributed by atoms with Gasteiger partial charge in [-0.3, -0.25) is 0 Å². The molecular formula is C13H22N2O3S. The Morgan fingerprint density at radius 2 is 2.00 bits per heavy atom. The van der Waals surface area contributed by atoms with Crippen LogP contribution in [0.4, 0.5) is 5.69 Å². The van der Waals surface area contributed by atoms with Crippen molar-refractivity contribution < 1.29 is 13.5 Å². The van der Waals surface area contributed by atoms with E-state index in [4.69, 9.17) is 5.73 Å². The molecule has 6 heteroatoms. The Balaban J connectivity index is 3.04. The minimum atomic E-state index is -3.66. The van der Waals surface area contributed by atoms with Crippen molar-refractivity contribution in [2.45, 2.75) is 44.1 Å². The van der Waals surface area contributed by atoms with Gasteiger partial charge in [0.1, 0.15) is 0 Å². The van der Waals surface area contributed by atoms with Gasteiger partial charge in [0.2, 0.25) is 10.0 Å². The molecule has 0 aliphatic carbocycles. The van der Waals surface area contributed by atoms with Gasteiger partial charge >= 0.3 is 0 Å². The Bertz CT molecular complexity index is 539. The van der Waals surface area contributed by atoms with Crippen molar-refractivity contribution >= 4 is 15.7 Å². The summed E-state index contributed by atoms with van der Waals surface area (Å²) in [5, 5.41) is 9.86. The molecule has 0 heterocycles. The number of nitrogens with one attached hydrogen (secondary N) is 1. The molecular weight excluding hydrogens is 264 g/mol. The Morgan fingerprint density at radius 1 is 1.37 bits per heavy atom. The molecule has 1 unspecified atom stereocenters. The van der Waals surface area contributed by atoms with E-state index in [0.29, 0.717) is 24.1 Å². The molecule has 0 aliphatic rings. The minimum absolute atomic E-state index is 0.0240. The van der Waals surface area contributed by atoms with Crippen molar-refractivity contribution in [3.8, 4) is 0 Å². The summed E-state index contributed by atoms with van der Waals surface area (Å²) in [4.78, 5) is 0.182. The molecule has 108 valence electrons. The van der Waals surface area contributed by atoms with Crippen LogP contribution in [0.15, 0.2) is 23.1 Å². The topological polar surface area (TPSA) is 92.4 Å². The van der Waals surface area contributed by atoms with E-state index in [2.05, 4.69) is 4.72 Å². The molecule has 5 nitrogen and oxygen atoms in total. The highest BCUT2D eigenvalue weighted by atomic mass is 32.2. The summed E-state index contributed by atoms with van der Waals surface area (Å²) in [7, 11) is -3.66. The molecule has 1 aromatic carbocycles. The first kappa shape index (κ1) is 15.9. The van der Waals surface area contributed by atoms with Gasteiger partial charge in [-0.25, -0.2) is 13.1 Å². The van der Waals surface area contributed by atoms with Crippen LogP contribution in [0, 0.1) is 0 Å².